The van der Waals surface area contributed by atoms with Crippen LogP contribution in [-0.4, -0.2) is 38.4 Å². The number of nitrogens with zero attached hydrogens (tertiary/aromatic N) is 3. The summed E-state index contributed by atoms with van der Waals surface area (Å²) in [6.45, 7) is 5.54. The van der Waals surface area contributed by atoms with Gasteiger partial charge in [0, 0.05) is 11.4 Å². The van der Waals surface area contributed by atoms with Gasteiger partial charge in [0.1, 0.15) is 6.33 Å². The lowest BCUT2D eigenvalue weighted by molar-refractivity contribution is -0.123. The monoisotopic (exact) mass is 409 g/mol. The second-order valence-electron chi connectivity index (χ2n) is 6.61. The van der Waals surface area contributed by atoms with E-state index in [1.54, 1.807) is 13.3 Å². The molecule has 0 saturated carbocycles. The summed E-state index contributed by atoms with van der Waals surface area (Å²) in [5.41, 5.74) is 3.66. The molecule has 8 heteroatoms. The van der Waals surface area contributed by atoms with E-state index < -0.39 is 5.25 Å². The van der Waals surface area contributed by atoms with Gasteiger partial charge < -0.3 is 10.6 Å². The number of amides is 2. The molecule has 0 fully saturated rings. The van der Waals surface area contributed by atoms with Gasteiger partial charge in [-0.05, 0) is 44.0 Å². The Bertz CT molecular complexity index is 983. The Labute approximate surface area is 173 Å². The van der Waals surface area contributed by atoms with Crippen molar-refractivity contribution in [3.05, 3.63) is 66.0 Å². The van der Waals surface area contributed by atoms with E-state index in [9.17, 15) is 9.59 Å². The van der Waals surface area contributed by atoms with Crippen LogP contribution in [0.4, 0.5) is 5.69 Å². The number of carbonyl (C=O) groups excluding carboxylic acids is 2. The third kappa shape index (κ3) is 5.23. The summed E-state index contributed by atoms with van der Waals surface area (Å²) in [5.74, 6) is -0.505. The first-order valence-electron chi connectivity index (χ1n) is 9.21. The zero-order valence-corrected chi connectivity index (χ0v) is 17.4. The zero-order chi connectivity index (χ0) is 20.8. The van der Waals surface area contributed by atoms with Crippen molar-refractivity contribution in [1.29, 1.82) is 0 Å². The molecule has 7 nitrogen and oxygen atoms in total. The Kier molecular flexibility index (Phi) is 6.66. The van der Waals surface area contributed by atoms with Crippen molar-refractivity contribution >= 4 is 29.3 Å². The largest absolute Gasteiger partial charge is 0.346 e. The Morgan fingerprint density at radius 1 is 1.07 bits per heavy atom. The number of carbonyl (C=O) groups is 2. The molecule has 29 heavy (non-hydrogen) atoms. The highest BCUT2D eigenvalue weighted by Crippen LogP contribution is 2.24. The molecule has 2 N–H and O–H groups in total. The average Bonchev–Trinajstić information content (AvgIpc) is 3.17. The van der Waals surface area contributed by atoms with Crippen LogP contribution in [0.25, 0.3) is 5.69 Å². The summed E-state index contributed by atoms with van der Waals surface area (Å²) in [4.78, 5) is 24.7. The van der Waals surface area contributed by atoms with E-state index >= 15 is 0 Å². The van der Waals surface area contributed by atoms with Crippen molar-refractivity contribution in [2.75, 3.05) is 11.9 Å². The van der Waals surface area contributed by atoms with Crippen LogP contribution >= 0.6 is 11.8 Å². The maximum atomic E-state index is 12.4. The van der Waals surface area contributed by atoms with E-state index in [2.05, 4.69) is 20.8 Å². The molecule has 0 spiro atoms. The number of benzene rings is 2. The number of aryl methyl sites for hydroxylation is 2. The number of rotatable bonds is 7. The van der Waals surface area contributed by atoms with E-state index in [1.807, 2.05) is 66.9 Å². The number of thioether (sulfide) groups is 1. The quantitative estimate of drug-likeness (QED) is 0.585. The van der Waals surface area contributed by atoms with Gasteiger partial charge in [-0.2, -0.15) is 0 Å². The van der Waals surface area contributed by atoms with Crippen LogP contribution < -0.4 is 10.6 Å². The fraction of sp³-hybridized carbons (Fsp3) is 0.238. The van der Waals surface area contributed by atoms with E-state index in [4.69, 9.17) is 0 Å². The van der Waals surface area contributed by atoms with Gasteiger partial charge in [0.2, 0.25) is 11.8 Å². The number of hydrogen-bond acceptors (Lipinski definition) is 5. The summed E-state index contributed by atoms with van der Waals surface area (Å²) >= 11 is 1.29. The topological polar surface area (TPSA) is 88.9 Å². The molecule has 0 radical (unpaired) electrons. The standard InChI is InChI=1S/C21H23N5O2S/c1-14-8-7-9-15(2)19(14)24-18(27)12-22-20(28)16(3)29-21-25-23-13-26(21)17-10-5-4-6-11-17/h4-11,13,16H,12H2,1-3H3,(H,22,28)(H,24,27)/t16-/m1/s1. The van der Waals surface area contributed by atoms with Crippen LogP contribution in [0.3, 0.4) is 0 Å². The predicted molar refractivity (Wildman–Crippen MR) is 114 cm³/mol. The molecular weight excluding hydrogens is 386 g/mol. The molecule has 3 aromatic rings. The van der Waals surface area contributed by atoms with Gasteiger partial charge in [0.05, 0.1) is 11.8 Å². The fourth-order valence-corrected chi connectivity index (χ4v) is 3.66. The summed E-state index contributed by atoms with van der Waals surface area (Å²) in [7, 11) is 0. The Morgan fingerprint density at radius 2 is 1.76 bits per heavy atom. The molecule has 2 aromatic carbocycles. The first kappa shape index (κ1) is 20.6. The zero-order valence-electron chi connectivity index (χ0n) is 16.5. The molecule has 150 valence electrons. The van der Waals surface area contributed by atoms with Gasteiger partial charge in [-0.3, -0.25) is 14.2 Å². The first-order valence-corrected chi connectivity index (χ1v) is 10.1. The van der Waals surface area contributed by atoms with Crippen LogP contribution in [0.1, 0.15) is 18.1 Å². The molecule has 0 aliphatic carbocycles. The molecule has 1 atom stereocenters. The lowest BCUT2D eigenvalue weighted by Gasteiger charge is -2.14. The highest BCUT2D eigenvalue weighted by atomic mass is 32.2. The van der Waals surface area contributed by atoms with E-state index in [1.165, 1.54) is 11.8 Å². The molecule has 0 aliphatic rings. The lowest BCUT2D eigenvalue weighted by atomic mass is 10.1. The van der Waals surface area contributed by atoms with Gasteiger partial charge >= 0.3 is 0 Å². The number of aromatic nitrogens is 3. The lowest BCUT2D eigenvalue weighted by Crippen LogP contribution is -2.37. The van der Waals surface area contributed by atoms with E-state index in [-0.39, 0.29) is 18.4 Å². The molecule has 3 rings (SSSR count). The third-order valence-electron chi connectivity index (χ3n) is 4.37. The smallest absolute Gasteiger partial charge is 0.243 e. The third-order valence-corrected chi connectivity index (χ3v) is 5.43. The highest BCUT2D eigenvalue weighted by molar-refractivity contribution is 8.00. The number of nitrogens with one attached hydrogen (secondary N) is 2. The molecule has 1 heterocycles. The molecule has 0 aliphatic heterocycles. The SMILES string of the molecule is Cc1cccc(C)c1NC(=O)CNC(=O)[C@@H](C)Sc1nncn1-c1ccccc1. The van der Waals surface area contributed by atoms with Crippen LogP contribution in [0.2, 0.25) is 0 Å². The molecule has 0 saturated heterocycles. The van der Waals surface area contributed by atoms with Crippen LogP contribution in [-0.2, 0) is 9.59 Å². The van der Waals surface area contributed by atoms with Crippen LogP contribution in [0, 0.1) is 13.8 Å². The van der Waals surface area contributed by atoms with Crippen molar-refractivity contribution in [3.8, 4) is 5.69 Å². The Balaban J connectivity index is 1.55. The second kappa shape index (κ2) is 9.38. The van der Waals surface area contributed by atoms with Crippen LogP contribution in [0.5, 0.6) is 0 Å². The van der Waals surface area contributed by atoms with Gasteiger partial charge in [0.25, 0.3) is 0 Å². The van der Waals surface area contributed by atoms with Crippen molar-refractivity contribution in [2.24, 2.45) is 0 Å². The molecule has 0 bridgehead atoms. The number of hydrogen-bond donors (Lipinski definition) is 2. The minimum atomic E-state index is -0.436. The van der Waals surface area contributed by atoms with Gasteiger partial charge in [-0.1, -0.05) is 48.2 Å². The highest BCUT2D eigenvalue weighted by Gasteiger charge is 2.19. The maximum Gasteiger partial charge on any atom is 0.243 e. The molecule has 2 amide bonds. The van der Waals surface area contributed by atoms with E-state index in [0.29, 0.717) is 5.16 Å². The minimum Gasteiger partial charge on any atom is -0.346 e. The predicted octanol–water partition coefficient (Wildman–Crippen LogP) is 3.12. The van der Waals surface area contributed by atoms with Crippen molar-refractivity contribution in [3.63, 3.8) is 0 Å². The number of para-hydroxylation sites is 2. The number of anilines is 1. The van der Waals surface area contributed by atoms with Gasteiger partial charge in [-0.15, -0.1) is 10.2 Å². The Morgan fingerprint density at radius 3 is 2.45 bits per heavy atom. The molecule has 1 aromatic heterocycles. The summed E-state index contributed by atoms with van der Waals surface area (Å²) < 4.78 is 1.82. The summed E-state index contributed by atoms with van der Waals surface area (Å²) in [5, 5.41) is 13.8. The van der Waals surface area contributed by atoms with Crippen molar-refractivity contribution in [1.82, 2.24) is 20.1 Å². The van der Waals surface area contributed by atoms with Crippen LogP contribution in [0.15, 0.2) is 60.0 Å². The first-order chi connectivity index (χ1) is 14.0. The van der Waals surface area contributed by atoms with E-state index in [0.717, 1.165) is 22.5 Å². The summed E-state index contributed by atoms with van der Waals surface area (Å²) in [6.07, 6.45) is 1.61. The van der Waals surface area contributed by atoms with Crippen molar-refractivity contribution in [2.45, 2.75) is 31.2 Å². The molecule has 0 unspecified atom stereocenters. The van der Waals surface area contributed by atoms with Gasteiger partial charge in [0.15, 0.2) is 5.16 Å². The summed E-state index contributed by atoms with van der Waals surface area (Å²) in [6, 6.07) is 15.5. The van der Waals surface area contributed by atoms with Crippen molar-refractivity contribution < 1.29 is 9.59 Å². The molecular formula is C21H23N5O2S. The fourth-order valence-electron chi connectivity index (χ4n) is 2.79. The maximum absolute atomic E-state index is 12.4. The second-order valence-corrected chi connectivity index (χ2v) is 7.92. The average molecular weight is 410 g/mol. The Hall–Kier alpha value is -3.13. The normalized spacial score (nSPS) is 11.7. The van der Waals surface area contributed by atoms with Gasteiger partial charge in [-0.25, -0.2) is 0 Å². The minimum absolute atomic E-state index is 0.0944.